The van der Waals surface area contributed by atoms with E-state index in [0.717, 1.165) is 42.9 Å². The molecule has 0 unspecified atom stereocenters. The molecular weight excluding hydrogens is 1100 g/mol. The Bertz CT molecular complexity index is 3240. The SMILES string of the molecule is CC(C)COc1ncc(-c2cc(F)c(C(=O)NS(C)(=O)=O)cc2F)cc1Br.COc1ncc(F)cc1-c1cc(-c2cc(F)c(C(=O)NS(C)(=O)=O)cc2F)cnc1OCC(C)C.COc1ncc(F)cc1O[B]O. The number of ether oxygens (including phenoxy) is 4. The molecule has 0 atom stereocenters. The van der Waals surface area contributed by atoms with Crippen LogP contribution >= 0.6 is 15.9 Å². The average molecular weight is 1140 g/mol. The van der Waals surface area contributed by atoms with E-state index in [1.807, 2.05) is 27.7 Å². The van der Waals surface area contributed by atoms with Gasteiger partial charge >= 0.3 is 7.69 Å². The Labute approximate surface area is 430 Å². The van der Waals surface area contributed by atoms with Crippen LogP contribution in [-0.4, -0.2) is 101 Å². The third kappa shape index (κ3) is 17.3. The van der Waals surface area contributed by atoms with Gasteiger partial charge in [-0.25, -0.2) is 72.6 Å². The molecule has 0 aliphatic rings. The van der Waals surface area contributed by atoms with Crippen LogP contribution in [0.2, 0.25) is 0 Å². The van der Waals surface area contributed by atoms with E-state index in [2.05, 4.69) is 40.5 Å². The number of halogens is 7. The van der Waals surface area contributed by atoms with Crippen molar-refractivity contribution >= 4 is 55.5 Å². The second kappa shape index (κ2) is 26.3. The monoisotopic (exact) mass is 1140 g/mol. The second-order valence-corrected chi connectivity index (χ2v) is 20.5. The predicted molar refractivity (Wildman–Crippen MR) is 261 cm³/mol. The van der Waals surface area contributed by atoms with Gasteiger partial charge < -0.3 is 28.6 Å². The standard InChI is InChI=1S/C23H22F3N3O5S.C17H17BrF2N2O4S.C6H6BFNO3/c1-12(2)11-34-23-16(17-6-14(24)10-28-22(17)33-3)5-13(9-27-23)15-7-20(26)18(8-19(15)25)21(30)29-35(4,31)32;1-9(2)8-26-17-13(18)4-10(7-21-17)11-5-15(20)12(6-14(11)19)16(23)22-27(3,24)25;1-11-6-5(12-7-10)2-4(8)3-9-6/h5-10,12H,11H2,1-4H3,(H,29,30);4-7,9H,8H2,1-3H3,(H,22,23);2-3,10H,1H3. The molecule has 6 rings (SSSR count). The molecular formula is C46H45BBrF6N6O12S2. The predicted octanol–water partition coefficient (Wildman–Crippen LogP) is 7.61. The number of benzene rings is 2. The molecule has 2 aromatic carbocycles. The fourth-order valence-electron chi connectivity index (χ4n) is 5.89. The number of amides is 2. The lowest BCUT2D eigenvalue weighted by Gasteiger charge is -2.16. The number of sulfonamides is 2. The van der Waals surface area contributed by atoms with Gasteiger partial charge in [-0.05, 0) is 70.2 Å². The van der Waals surface area contributed by atoms with Crippen molar-refractivity contribution in [2.24, 2.45) is 11.8 Å². The van der Waals surface area contributed by atoms with Gasteiger partial charge in [0.05, 0.1) is 79.1 Å². The second-order valence-electron chi connectivity index (χ2n) is 16.1. The largest absolute Gasteiger partial charge is 0.569 e. The minimum absolute atomic E-state index is 0.0278. The molecule has 395 valence electrons. The molecule has 28 heteroatoms. The minimum Gasteiger partial charge on any atom is -0.534 e. The molecule has 0 fully saturated rings. The van der Waals surface area contributed by atoms with Gasteiger partial charge in [0.2, 0.25) is 37.7 Å². The first-order valence-electron chi connectivity index (χ1n) is 21.1. The summed E-state index contributed by atoms with van der Waals surface area (Å²) < 4.78 is 159. The zero-order valence-corrected chi connectivity index (χ0v) is 43.5. The Morgan fingerprint density at radius 1 is 0.581 bits per heavy atom. The van der Waals surface area contributed by atoms with Crippen molar-refractivity contribution in [3.8, 4) is 62.7 Å². The molecule has 4 heterocycles. The van der Waals surface area contributed by atoms with Crippen LogP contribution in [0.4, 0.5) is 26.3 Å². The molecule has 18 nitrogen and oxygen atoms in total. The first kappa shape index (κ1) is 59.5. The van der Waals surface area contributed by atoms with Crippen molar-refractivity contribution < 1.29 is 81.4 Å². The molecule has 4 aromatic heterocycles. The summed E-state index contributed by atoms with van der Waals surface area (Å²) in [6, 6.07) is 7.88. The van der Waals surface area contributed by atoms with E-state index in [9.17, 15) is 52.8 Å². The number of carbonyl (C=O) groups is 2. The number of nitrogens with zero attached hydrogens (tertiary/aromatic N) is 4. The highest BCUT2D eigenvalue weighted by molar-refractivity contribution is 9.10. The van der Waals surface area contributed by atoms with Gasteiger partial charge in [-0.3, -0.25) is 9.59 Å². The topological polar surface area (TPSA) is 244 Å². The Kier molecular flexibility index (Phi) is 21.1. The first-order valence-corrected chi connectivity index (χ1v) is 25.7. The zero-order valence-electron chi connectivity index (χ0n) is 40.3. The zero-order chi connectivity index (χ0) is 55.2. The van der Waals surface area contributed by atoms with Crippen molar-refractivity contribution in [1.29, 1.82) is 0 Å². The Hall–Kier alpha value is -7.04. The number of rotatable bonds is 17. The van der Waals surface area contributed by atoms with E-state index in [4.69, 9.17) is 24.0 Å². The third-order valence-electron chi connectivity index (χ3n) is 9.01. The van der Waals surface area contributed by atoms with Crippen LogP contribution in [0.5, 0.6) is 29.3 Å². The Morgan fingerprint density at radius 3 is 1.45 bits per heavy atom. The van der Waals surface area contributed by atoms with Gasteiger partial charge in [-0.15, -0.1) is 0 Å². The van der Waals surface area contributed by atoms with E-state index in [0.29, 0.717) is 43.0 Å². The van der Waals surface area contributed by atoms with Gasteiger partial charge in [0.25, 0.3) is 17.7 Å². The maximum Gasteiger partial charge on any atom is 0.569 e. The van der Waals surface area contributed by atoms with E-state index in [1.165, 1.54) is 38.7 Å². The quantitative estimate of drug-likeness (QED) is 0.0588. The van der Waals surface area contributed by atoms with Crippen LogP contribution < -0.4 is 33.0 Å². The summed E-state index contributed by atoms with van der Waals surface area (Å²) in [4.78, 5) is 39.5. The van der Waals surface area contributed by atoms with Gasteiger partial charge in [-0.1, -0.05) is 27.7 Å². The van der Waals surface area contributed by atoms with Crippen molar-refractivity contribution in [2.75, 3.05) is 39.9 Å². The molecule has 74 heavy (non-hydrogen) atoms. The number of methoxy groups -OCH3 is 2. The molecule has 2 amide bonds. The molecule has 6 aromatic rings. The van der Waals surface area contributed by atoms with Crippen LogP contribution in [0.1, 0.15) is 48.4 Å². The lowest BCUT2D eigenvalue weighted by Crippen LogP contribution is -2.30. The van der Waals surface area contributed by atoms with E-state index in [-0.39, 0.29) is 75.2 Å². The third-order valence-corrected chi connectivity index (χ3v) is 10.7. The van der Waals surface area contributed by atoms with Crippen LogP contribution in [-0.2, 0) is 20.0 Å². The minimum atomic E-state index is -3.99. The molecule has 0 saturated heterocycles. The van der Waals surface area contributed by atoms with Crippen molar-refractivity contribution in [1.82, 2.24) is 29.4 Å². The molecule has 0 bridgehead atoms. The van der Waals surface area contributed by atoms with E-state index in [1.54, 1.807) is 9.44 Å². The number of pyridine rings is 4. The molecule has 0 aliphatic heterocycles. The lowest BCUT2D eigenvalue weighted by molar-refractivity contribution is 0.0968. The fourth-order valence-corrected chi connectivity index (χ4v) is 7.25. The van der Waals surface area contributed by atoms with Crippen molar-refractivity contribution in [3.63, 3.8) is 0 Å². The van der Waals surface area contributed by atoms with Crippen LogP contribution in [0.15, 0.2) is 77.8 Å². The summed E-state index contributed by atoms with van der Waals surface area (Å²) in [6.45, 7) is 8.50. The number of hydrogen-bond acceptors (Lipinski definition) is 16. The van der Waals surface area contributed by atoms with Gasteiger partial charge in [0, 0.05) is 40.7 Å². The number of nitrogens with one attached hydrogen (secondary N) is 2. The summed E-state index contributed by atoms with van der Waals surface area (Å²) in [5.41, 5.74) is -1.20. The van der Waals surface area contributed by atoms with Crippen molar-refractivity contribution in [2.45, 2.75) is 27.7 Å². The maximum absolute atomic E-state index is 15.0. The number of hydrogen-bond donors (Lipinski definition) is 3. The fraction of sp³-hybridized carbons (Fsp3) is 0.261. The summed E-state index contributed by atoms with van der Waals surface area (Å²) in [7, 11) is -4.76. The lowest BCUT2D eigenvalue weighted by atomic mass is 10.00. The average Bonchev–Trinajstić information content (AvgIpc) is 3.31. The van der Waals surface area contributed by atoms with Gasteiger partial charge in [0.1, 0.15) is 34.9 Å². The van der Waals surface area contributed by atoms with E-state index < -0.39 is 77.9 Å². The molecule has 3 N–H and O–H groups in total. The maximum atomic E-state index is 15.0. The van der Waals surface area contributed by atoms with Crippen molar-refractivity contribution in [3.05, 3.63) is 124 Å². The highest BCUT2D eigenvalue weighted by Gasteiger charge is 2.24. The van der Waals surface area contributed by atoms with E-state index >= 15 is 0 Å². The van der Waals surface area contributed by atoms with Gasteiger partial charge in [-0.2, -0.15) is 0 Å². The molecule has 0 spiro atoms. The van der Waals surface area contributed by atoms with Crippen LogP contribution in [0.3, 0.4) is 0 Å². The highest BCUT2D eigenvalue weighted by Crippen LogP contribution is 2.38. The normalized spacial score (nSPS) is 11.1. The molecule has 1 radical (unpaired) electrons. The molecule has 0 saturated carbocycles. The Balaban J connectivity index is 0.000000268. The first-order chi connectivity index (χ1) is 34.6. The van der Waals surface area contributed by atoms with Crippen LogP contribution in [0.25, 0.3) is 33.4 Å². The smallest absolute Gasteiger partial charge is 0.534 e. The summed E-state index contributed by atoms with van der Waals surface area (Å²) >= 11 is 3.27. The highest BCUT2D eigenvalue weighted by atomic mass is 79.9. The Morgan fingerprint density at radius 2 is 1.00 bits per heavy atom. The summed E-state index contributed by atoms with van der Waals surface area (Å²) in [6.07, 6.45) is 5.94. The summed E-state index contributed by atoms with van der Waals surface area (Å²) in [5.74, 6) is -6.91. The summed E-state index contributed by atoms with van der Waals surface area (Å²) in [5, 5.41) is 8.28. The number of aromatic nitrogens is 4. The molecule has 0 aliphatic carbocycles. The number of carbonyl (C=O) groups excluding carboxylic acids is 2. The van der Waals surface area contributed by atoms with Gasteiger partial charge in [0.15, 0.2) is 5.75 Å². The van der Waals surface area contributed by atoms with Crippen LogP contribution in [0, 0.1) is 46.7 Å².